The molecule has 2 rings (SSSR count). The molecule has 0 fully saturated rings. The molecule has 0 radical (unpaired) electrons. The average molecular weight is 354 g/mol. The molecule has 2 heterocycles. The van der Waals surface area contributed by atoms with Gasteiger partial charge in [-0.25, -0.2) is 4.79 Å². The molecule has 6 nitrogen and oxygen atoms in total. The summed E-state index contributed by atoms with van der Waals surface area (Å²) in [5, 5.41) is 0. The Kier molecular flexibility index (Phi) is 6.49. The number of allylic oxidation sites excluding steroid dienone is 2. The first-order chi connectivity index (χ1) is 12.5. The van der Waals surface area contributed by atoms with Crippen molar-refractivity contribution in [1.82, 2.24) is 9.97 Å². The molecule has 0 unspecified atom stereocenters. The molecule has 2 aromatic heterocycles. The predicted molar refractivity (Wildman–Crippen MR) is 101 cm³/mol. The molecular weight excluding hydrogens is 332 g/mol. The summed E-state index contributed by atoms with van der Waals surface area (Å²) in [6.07, 6.45) is 7.23. The highest BCUT2D eigenvalue weighted by atomic mass is 16.5. The second-order valence-electron chi connectivity index (χ2n) is 5.82. The number of aromatic nitrogens is 2. The molecule has 0 aliphatic heterocycles. The Morgan fingerprint density at radius 2 is 2.00 bits per heavy atom. The number of carbonyl (C=O) groups is 1. The quantitative estimate of drug-likeness (QED) is 0.636. The maximum atomic E-state index is 12.9. The Hall–Kier alpha value is -3.15. The molecule has 1 N–H and O–H groups in total. The number of esters is 1. The molecule has 0 atom stereocenters. The van der Waals surface area contributed by atoms with E-state index in [9.17, 15) is 9.59 Å². The van der Waals surface area contributed by atoms with E-state index in [1.54, 1.807) is 24.4 Å². The normalized spacial score (nSPS) is 10.6. The van der Waals surface area contributed by atoms with Gasteiger partial charge in [0.2, 0.25) is 5.43 Å². The zero-order valence-electron chi connectivity index (χ0n) is 15.3. The van der Waals surface area contributed by atoms with Crippen LogP contribution >= 0.6 is 0 Å². The predicted octanol–water partition coefficient (Wildman–Crippen LogP) is 3.24. The van der Waals surface area contributed by atoms with Crippen molar-refractivity contribution in [3.63, 3.8) is 0 Å². The maximum Gasteiger partial charge on any atom is 0.344 e. The molecular formula is C20H22N2O4. The summed E-state index contributed by atoms with van der Waals surface area (Å²) in [6, 6.07) is 5.47. The zero-order chi connectivity index (χ0) is 19.1. The Bertz CT molecular complexity index is 892. The van der Waals surface area contributed by atoms with E-state index in [1.807, 2.05) is 32.1 Å². The Morgan fingerprint density at radius 1 is 1.23 bits per heavy atom. The van der Waals surface area contributed by atoms with Crippen LogP contribution in [0.25, 0.3) is 12.2 Å². The molecule has 0 amide bonds. The number of ether oxygens (including phenoxy) is 2. The average Bonchev–Trinajstić information content (AvgIpc) is 2.65. The Balaban J connectivity index is 2.61. The summed E-state index contributed by atoms with van der Waals surface area (Å²) < 4.78 is 10.1. The van der Waals surface area contributed by atoms with Crippen LogP contribution < -0.4 is 10.2 Å². The number of hydrogen-bond donors (Lipinski definition) is 1. The van der Waals surface area contributed by atoms with E-state index in [2.05, 4.69) is 9.97 Å². The first kappa shape index (κ1) is 19.2. The second-order valence-corrected chi connectivity index (χ2v) is 5.82. The summed E-state index contributed by atoms with van der Waals surface area (Å²) in [4.78, 5) is 32.3. The van der Waals surface area contributed by atoms with Crippen molar-refractivity contribution in [2.24, 2.45) is 0 Å². The number of methoxy groups -OCH3 is 2. The molecule has 2 aromatic rings. The van der Waals surface area contributed by atoms with Gasteiger partial charge in [-0.1, -0.05) is 17.7 Å². The van der Waals surface area contributed by atoms with Gasteiger partial charge in [0.25, 0.3) is 0 Å². The summed E-state index contributed by atoms with van der Waals surface area (Å²) in [7, 11) is 2.72. The van der Waals surface area contributed by atoms with Crippen molar-refractivity contribution >= 4 is 18.1 Å². The third-order valence-electron chi connectivity index (χ3n) is 3.71. The van der Waals surface area contributed by atoms with E-state index in [4.69, 9.17) is 9.47 Å². The minimum Gasteiger partial charge on any atom is -0.482 e. The molecule has 0 aromatic carbocycles. The highest BCUT2D eigenvalue weighted by Gasteiger charge is 2.21. The van der Waals surface area contributed by atoms with Gasteiger partial charge in [0.05, 0.1) is 31.2 Å². The Morgan fingerprint density at radius 3 is 2.58 bits per heavy atom. The van der Waals surface area contributed by atoms with Crippen LogP contribution in [0, 0.1) is 0 Å². The van der Waals surface area contributed by atoms with Crippen molar-refractivity contribution in [3.05, 3.63) is 68.8 Å². The van der Waals surface area contributed by atoms with E-state index < -0.39 is 11.4 Å². The fraction of sp³-hybridized carbons (Fsp3) is 0.250. The number of nitrogens with zero attached hydrogens (tertiary/aromatic N) is 1. The Labute approximate surface area is 152 Å². The fourth-order valence-corrected chi connectivity index (χ4v) is 2.38. The third kappa shape index (κ3) is 4.47. The molecule has 0 spiro atoms. The molecule has 0 saturated carbocycles. The highest BCUT2D eigenvalue weighted by Crippen LogP contribution is 2.19. The number of nitrogens with one attached hydrogen (secondary N) is 1. The van der Waals surface area contributed by atoms with Crippen LogP contribution in [-0.2, 0) is 11.2 Å². The second kappa shape index (κ2) is 8.80. The first-order valence-electron chi connectivity index (χ1n) is 8.11. The van der Waals surface area contributed by atoms with Crippen molar-refractivity contribution in [3.8, 4) is 5.88 Å². The van der Waals surface area contributed by atoms with Crippen molar-refractivity contribution < 1.29 is 14.3 Å². The van der Waals surface area contributed by atoms with Crippen LogP contribution in [0.1, 0.15) is 41.2 Å². The van der Waals surface area contributed by atoms with Gasteiger partial charge in [-0.3, -0.25) is 9.78 Å². The van der Waals surface area contributed by atoms with Gasteiger partial charge in [-0.05, 0) is 44.6 Å². The van der Waals surface area contributed by atoms with Crippen LogP contribution in [0.15, 0.2) is 40.8 Å². The van der Waals surface area contributed by atoms with Crippen LogP contribution in [-0.4, -0.2) is 30.2 Å². The first-order valence-corrected chi connectivity index (χ1v) is 8.11. The van der Waals surface area contributed by atoms with Gasteiger partial charge < -0.3 is 14.5 Å². The van der Waals surface area contributed by atoms with Crippen molar-refractivity contribution in [1.29, 1.82) is 0 Å². The standard InChI is InChI=1S/C20H22N2O4/c1-13(2)8-10-15-18(23)17(20(24)26-4)16(22-19(15)25-3)11-9-14-7-5-6-12-21-14/h5-9,11-12H,10H2,1-4H3,(H,22,23)/b11-9+. The third-order valence-corrected chi connectivity index (χ3v) is 3.71. The molecule has 0 bridgehead atoms. The van der Waals surface area contributed by atoms with Crippen molar-refractivity contribution in [2.75, 3.05) is 14.2 Å². The van der Waals surface area contributed by atoms with Gasteiger partial charge in [0, 0.05) is 6.20 Å². The van der Waals surface area contributed by atoms with Crippen LogP contribution in [0.3, 0.4) is 0 Å². The van der Waals surface area contributed by atoms with Gasteiger partial charge >= 0.3 is 5.97 Å². The smallest absolute Gasteiger partial charge is 0.344 e. The lowest BCUT2D eigenvalue weighted by atomic mass is 10.0. The van der Waals surface area contributed by atoms with E-state index in [1.165, 1.54) is 14.2 Å². The SMILES string of the molecule is COC(=O)c1c(/C=C/c2ccccn2)[nH]c(OC)c(CC=C(C)C)c1=O. The lowest BCUT2D eigenvalue weighted by Gasteiger charge is -2.12. The number of hydrogen-bond acceptors (Lipinski definition) is 5. The van der Waals surface area contributed by atoms with Crippen LogP contribution in [0.5, 0.6) is 5.88 Å². The summed E-state index contributed by atoms with van der Waals surface area (Å²) in [5.41, 5.74) is 1.97. The number of pyridine rings is 2. The number of rotatable bonds is 6. The maximum absolute atomic E-state index is 12.9. The lowest BCUT2D eigenvalue weighted by Crippen LogP contribution is -2.23. The topological polar surface area (TPSA) is 81.3 Å². The zero-order valence-corrected chi connectivity index (χ0v) is 15.3. The fourth-order valence-electron chi connectivity index (χ4n) is 2.38. The van der Waals surface area contributed by atoms with E-state index in [-0.39, 0.29) is 5.56 Å². The summed E-state index contributed by atoms with van der Waals surface area (Å²) >= 11 is 0. The number of carbonyl (C=O) groups excluding carboxylic acids is 1. The van der Waals surface area contributed by atoms with Gasteiger partial charge in [-0.15, -0.1) is 0 Å². The number of H-pyrrole nitrogens is 1. The largest absolute Gasteiger partial charge is 0.482 e. The molecule has 0 saturated heterocycles. The molecule has 136 valence electrons. The molecule has 6 heteroatoms. The van der Waals surface area contributed by atoms with Crippen LogP contribution in [0.4, 0.5) is 0 Å². The van der Waals surface area contributed by atoms with Gasteiger partial charge in [-0.2, -0.15) is 0 Å². The van der Waals surface area contributed by atoms with Gasteiger partial charge in [0.15, 0.2) is 5.88 Å². The molecule has 0 aliphatic rings. The minimum absolute atomic E-state index is 0.0577. The van der Waals surface area contributed by atoms with E-state index in [0.29, 0.717) is 29.3 Å². The monoisotopic (exact) mass is 354 g/mol. The lowest BCUT2D eigenvalue weighted by molar-refractivity contribution is 0.0598. The summed E-state index contributed by atoms with van der Waals surface area (Å²) in [5.74, 6) is -0.381. The van der Waals surface area contributed by atoms with E-state index >= 15 is 0 Å². The van der Waals surface area contributed by atoms with Gasteiger partial charge in [0.1, 0.15) is 5.56 Å². The van der Waals surface area contributed by atoms with E-state index in [0.717, 1.165) is 5.57 Å². The summed E-state index contributed by atoms with van der Waals surface area (Å²) in [6.45, 7) is 3.87. The highest BCUT2D eigenvalue weighted by molar-refractivity contribution is 5.94. The number of aromatic amines is 1. The minimum atomic E-state index is -0.701. The molecule has 0 aliphatic carbocycles. The van der Waals surface area contributed by atoms with Crippen molar-refractivity contribution in [2.45, 2.75) is 20.3 Å². The molecule has 26 heavy (non-hydrogen) atoms. The van der Waals surface area contributed by atoms with Crippen LogP contribution in [0.2, 0.25) is 0 Å².